The molecule has 20 heavy (non-hydrogen) atoms. The molecule has 2 aromatic heterocycles. The van der Waals surface area contributed by atoms with Gasteiger partial charge in [0.1, 0.15) is 5.15 Å². The quantitative estimate of drug-likeness (QED) is 0.694. The molecular weight excluding hydrogens is 298 g/mol. The molecule has 3 aromatic rings. The Balaban J connectivity index is 2.25. The van der Waals surface area contributed by atoms with Gasteiger partial charge < -0.3 is 9.47 Å². The molecule has 0 N–H and O–H groups in total. The highest BCUT2D eigenvalue weighted by Gasteiger charge is 2.13. The monoisotopic (exact) mass is 307 g/mol. The average Bonchev–Trinajstić information content (AvgIpc) is 3.00. The van der Waals surface area contributed by atoms with Gasteiger partial charge in [0.05, 0.1) is 30.1 Å². The molecule has 0 atom stereocenters. The van der Waals surface area contributed by atoms with Crippen LogP contribution in [0.3, 0.4) is 0 Å². The minimum atomic E-state index is 0.374. The molecule has 1 aromatic carbocycles. The number of benzene rings is 1. The molecule has 0 spiro atoms. The van der Waals surface area contributed by atoms with Crippen molar-refractivity contribution >= 4 is 33.8 Å². The highest BCUT2D eigenvalue weighted by atomic mass is 35.5. The predicted octanol–water partition coefficient (Wildman–Crippen LogP) is 3.42. The molecule has 0 aliphatic carbocycles. The first kappa shape index (κ1) is 13.1. The van der Waals surface area contributed by atoms with Crippen LogP contribution in [-0.2, 0) is 0 Å². The first-order valence-electron chi connectivity index (χ1n) is 5.71. The van der Waals surface area contributed by atoms with E-state index in [4.69, 9.17) is 21.1 Å². The third-order valence-corrected chi connectivity index (χ3v) is 3.86. The highest BCUT2D eigenvalue weighted by Crippen LogP contribution is 2.35. The Morgan fingerprint density at radius 1 is 1.10 bits per heavy atom. The van der Waals surface area contributed by atoms with E-state index in [1.54, 1.807) is 38.1 Å². The van der Waals surface area contributed by atoms with Gasteiger partial charge in [0.15, 0.2) is 17.3 Å². The molecular formula is C13H10ClN3O2S. The minimum absolute atomic E-state index is 0.374. The zero-order valence-electron chi connectivity index (χ0n) is 10.8. The molecule has 0 aliphatic rings. The largest absolute Gasteiger partial charge is 0.493 e. The lowest BCUT2D eigenvalue weighted by atomic mass is 10.2. The summed E-state index contributed by atoms with van der Waals surface area (Å²) < 4.78 is 10.5. The van der Waals surface area contributed by atoms with Crippen LogP contribution >= 0.6 is 22.9 Å². The van der Waals surface area contributed by atoms with E-state index in [-0.39, 0.29) is 0 Å². The second-order valence-corrected chi connectivity index (χ2v) is 5.17. The van der Waals surface area contributed by atoms with Gasteiger partial charge in [-0.3, -0.25) is 4.98 Å². The summed E-state index contributed by atoms with van der Waals surface area (Å²) >= 11 is 7.70. The van der Waals surface area contributed by atoms with Crippen molar-refractivity contribution in [2.75, 3.05) is 14.2 Å². The molecule has 0 bridgehead atoms. The number of nitrogens with zero attached hydrogens (tertiary/aromatic N) is 3. The maximum absolute atomic E-state index is 6.24. The normalized spacial score (nSPS) is 10.8. The molecule has 7 heteroatoms. The Morgan fingerprint density at radius 2 is 1.85 bits per heavy atom. The molecule has 3 rings (SSSR count). The molecule has 0 aliphatic heterocycles. The van der Waals surface area contributed by atoms with Crippen molar-refractivity contribution < 1.29 is 9.47 Å². The Bertz CT molecular complexity index is 762. The summed E-state index contributed by atoms with van der Waals surface area (Å²) in [5.41, 5.74) is 2.43. The summed E-state index contributed by atoms with van der Waals surface area (Å²) in [6.45, 7) is 0. The zero-order chi connectivity index (χ0) is 14.1. The van der Waals surface area contributed by atoms with Gasteiger partial charge >= 0.3 is 0 Å². The predicted molar refractivity (Wildman–Crippen MR) is 78.8 cm³/mol. The number of methoxy groups -OCH3 is 2. The van der Waals surface area contributed by atoms with Gasteiger partial charge in [-0.05, 0) is 6.07 Å². The van der Waals surface area contributed by atoms with Crippen molar-refractivity contribution in [3.63, 3.8) is 0 Å². The molecule has 0 radical (unpaired) electrons. The van der Waals surface area contributed by atoms with Gasteiger partial charge in [-0.15, -0.1) is 11.3 Å². The van der Waals surface area contributed by atoms with E-state index >= 15 is 0 Å². The van der Waals surface area contributed by atoms with Gasteiger partial charge in [-0.1, -0.05) is 11.6 Å². The Labute approximate surface area is 124 Å². The van der Waals surface area contributed by atoms with Crippen LogP contribution < -0.4 is 9.47 Å². The molecule has 2 heterocycles. The van der Waals surface area contributed by atoms with Crippen molar-refractivity contribution in [3.05, 3.63) is 29.0 Å². The molecule has 0 saturated heterocycles. The van der Waals surface area contributed by atoms with Crippen LogP contribution in [0.5, 0.6) is 11.5 Å². The molecule has 0 unspecified atom stereocenters. The summed E-state index contributed by atoms with van der Waals surface area (Å²) in [6, 6.07) is 3.55. The average molecular weight is 308 g/mol. The number of rotatable bonds is 3. The van der Waals surface area contributed by atoms with E-state index in [1.165, 1.54) is 11.3 Å². The van der Waals surface area contributed by atoms with Gasteiger partial charge in [0.25, 0.3) is 0 Å². The Morgan fingerprint density at radius 3 is 2.50 bits per heavy atom. The Kier molecular flexibility index (Phi) is 3.42. The fourth-order valence-corrected chi connectivity index (χ4v) is 2.64. The van der Waals surface area contributed by atoms with Crippen LogP contribution in [0.2, 0.25) is 5.15 Å². The van der Waals surface area contributed by atoms with Gasteiger partial charge in [-0.2, -0.15) is 0 Å². The number of hydrogen-bond acceptors (Lipinski definition) is 6. The van der Waals surface area contributed by atoms with E-state index in [9.17, 15) is 0 Å². The van der Waals surface area contributed by atoms with Crippen LogP contribution in [0, 0.1) is 0 Å². The second kappa shape index (κ2) is 5.22. The molecule has 0 saturated carbocycles. The van der Waals surface area contributed by atoms with Crippen molar-refractivity contribution in [1.82, 2.24) is 15.0 Å². The maximum Gasteiger partial charge on any atom is 0.173 e. The standard InChI is InChI=1S/C13H10ClN3O2S/c1-18-9-3-7-8(4-10(9)19-2)16-13(17-12(7)14)11-5-15-6-20-11/h3-6H,1-2H3. The lowest BCUT2D eigenvalue weighted by Gasteiger charge is -2.10. The SMILES string of the molecule is COc1cc2nc(-c3cncs3)nc(Cl)c2cc1OC. The van der Waals surface area contributed by atoms with Gasteiger partial charge in [-0.25, -0.2) is 9.97 Å². The van der Waals surface area contributed by atoms with Crippen molar-refractivity contribution in [2.24, 2.45) is 0 Å². The van der Waals surface area contributed by atoms with Crippen LogP contribution in [0.15, 0.2) is 23.8 Å². The number of thiazole rings is 1. The third-order valence-electron chi connectivity index (χ3n) is 2.81. The van der Waals surface area contributed by atoms with Crippen LogP contribution in [-0.4, -0.2) is 29.2 Å². The van der Waals surface area contributed by atoms with E-state index in [1.807, 2.05) is 0 Å². The van der Waals surface area contributed by atoms with Crippen LogP contribution in [0.4, 0.5) is 0 Å². The fourth-order valence-electron chi connectivity index (χ4n) is 1.85. The lowest BCUT2D eigenvalue weighted by Crippen LogP contribution is -1.94. The maximum atomic E-state index is 6.24. The van der Waals surface area contributed by atoms with Crippen molar-refractivity contribution in [2.45, 2.75) is 0 Å². The summed E-state index contributed by atoms with van der Waals surface area (Å²) in [6.07, 6.45) is 1.71. The molecule has 5 nitrogen and oxygen atoms in total. The van der Waals surface area contributed by atoms with E-state index in [0.29, 0.717) is 28.0 Å². The summed E-state index contributed by atoms with van der Waals surface area (Å²) in [7, 11) is 3.15. The summed E-state index contributed by atoms with van der Waals surface area (Å²) in [5.74, 6) is 1.75. The third kappa shape index (κ3) is 2.17. The molecule has 0 fully saturated rings. The summed E-state index contributed by atoms with van der Waals surface area (Å²) in [4.78, 5) is 13.7. The number of ether oxygens (including phenoxy) is 2. The van der Waals surface area contributed by atoms with E-state index in [0.717, 1.165) is 10.3 Å². The van der Waals surface area contributed by atoms with Crippen molar-refractivity contribution in [3.8, 4) is 22.2 Å². The topological polar surface area (TPSA) is 57.1 Å². The first-order chi connectivity index (χ1) is 9.72. The van der Waals surface area contributed by atoms with E-state index < -0.39 is 0 Å². The minimum Gasteiger partial charge on any atom is -0.493 e. The fraction of sp³-hybridized carbons (Fsp3) is 0.154. The van der Waals surface area contributed by atoms with Crippen LogP contribution in [0.25, 0.3) is 21.6 Å². The number of fused-ring (bicyclic) bond motifs is 1. The number of hydrogen-bond donors (Lipinski definition) is 0. The smallest absolute Gasteiger partial charge is 0.173 e. The summed E-state index contributed by atoms with van der Waals surface area (Å²) in [5, 5.41) is 1.09. The second-order valence-electron chi connectivity index (χ2n) is 3.93. The van der Waals surface area contributed by atoms with Crippen molar-refractivity contribution in [1.29, 1.82) is 0 Å². The molecule has 102 valence electrons. The van der Waals surface area contributed by atoms with Crippen LogP contribution in [0.1, 0.15) is 0 Å². The molecule has 0 amide bonds. The first-order valence-corrected chi connectivity index (χ1v) is 6.97. The van der Waals surface area contributed by atoms with E-state index in [2.05, 4.69) is 15.0 Å². The Hall–Kier alpha value is -1.92. The number of halogens is 1. The highest BCUT2D eigenvalue weighted by molar-refractivity contribution is 7.13. The van der Waals surface area contributed by atoms with Gasteiger partial charge in [0, 0.05) is 17.6 Å². The number of aromatic nitrogens is 3. The lowest BCUT2D eigenvalue weighted by molar-refractivity contribution is 0.356. The van der Waals surface area contributed by atoms with Gasteiger partial charge in [0.2, 0.25) is 0 Å². The zero-order valence-corrected chi connectivity index (χ0v) is 12.3.